The van der Waals surface area contributed by atoms with Gasteiger partial charge >= 0.3 is 0 Å². The molecule has 1 aromatic heterocycles. The molecule has 1 atom stereocenters. The Bertz CT molecular complexity index is 576. The van der Waals surface area contributed by atoms with E-state index in [4.69, 9.17) is 4.42 Å². The number of para-hydroxylation sites is 1. The van der Waals surface area contributed by atoms with Gasteiger partial charge in [-0.1, -0.05) is 32.0 Å². The fraction of sp³-hybridized carbons (Fsp3) is 0.353. The molecule has 2 aromatic rings. The summed E-state index contributed by atoms with van der Waals surface area (Å²) in [6, 6.07) is 11.9. The van der Waals surface area contributed by atoms with Crippen LogP contribution in [0, 0.1) is 0 Å². The maximum Gasteiger partial charge on any atom is 0.279 e. The van der Waals surface area contributed by atoms with Gasteiger partial charge in [0.05, 0.1) is 6.26 Å². The smallest absolute Gasteiger partial charge is 0.279 e. The van der Waals surface area contributed by atoms with Crippen LogP contribution in [-0.2, 0) is 4.79 Å². The van der Waals surface area contributed by atoms with Crippen LogP contribution < -0.4 is 10.6 Å². The number of benzene rings is 1. The zero-order valence-corrected chi connectivity index (χ0v) is 12.8. The van der Waals surface area contributed by atoms with E-state index in [0.29, 0.717) is 12.5 Å². The molecule has 0 bridgehead atoms. The van der Waals surface area contributed by atoms with Crippen LogP contribution in [0.5, 0.6) is 0 Å². The largest absolute Gasteiger partial charge is 0.463 e. The summed E-state index contributed by atoms with van der Waals surface area (Å²) in [5.41, 5.74) is 2.06. The van der Waals surface area contributed by atoms with Crippen molar-refractivity contribution >= 4 is 11.6 Å². The monoisotopic (exact) mass is 287 g/mol. The number of anilines is 1. The van der Waals surface area contributed by atoms with Gasteiger partial charge in [0.2, 0.25) is 0 Å². The summed E-state index contributed by atoms with van der Waals surface area (Å²) in [5.74, 6) is 1.26. The highest BCUT2D eigenvalue weighted by Gasteiger charge is 2.15. The Hall–Kier alpha value is -2.07. The third-order valence-electron chi connectivity index (χ3n) is 3.51. The number of carbonyl (C=O) groups is 1. The van der Waals surface area contributed by atoms with E-state index in [1.165, 1.54) is 0 Å². The summed E-state index contributed by atoms with van der Waals surface area (Å²) < 4.78 is 5.33. The standard InChI is InChI=1S/C17H22N2O2/c1-12(2)14-7-4-5-8-15(14)19-17(20)11-18-13(3)16-9-6-10-21-16/h4-10,12-13,18H,11H2,1-3H3,(H,19,20)/p+1/t13-/m1/s1. The highest BCUT2D eigenvalue weighted by molar-refractivity contribution is 5.92. The number of nitrogens with two attached hydrogens (primary N) is 1. The highest BCUT2D eigenvalue weighted by Crippen LogP contribution is 2.23. The van der Waals surface area contributed by atoms with Crippen LogP contribution in [-0.4, -0.2) is 12.5 Å². The van der Waals surface area contributed by atoms with Crippen molar-refractivity contribution in [2.75, 3.05) is 11.9 Å². The number of hydrogen-bond donors (Lipinski definition) is 2. The van der Waals surface area contributed by atoms with Crippen molar-refractivity contribution in [3.63, 3.8) is 0 Å². The van der Waals surface area contributed by atoms with Gasteiger partial charge in [-0.25, -0.2) is 0 Å². The molecule has 1 heterocycles. The fourth-order valence-electron chi connectivity index (χ4n) is 2.27. The van der Waals surface area contributed by atoms with Gasteiger partial charge in [0, 0.05) is 5.69 Å². The molecule has 0 aliphatic heterocycles. The van der Waals surface area contributed by atoms with Crippen LogP contribution >= 0.6 is 0 Å². The Morgan fingerprint density at radius 2 is 1.95 bits per heavy atom. The summed E-state index contributed by atoms with van der Waals surface area (Å²) in [6.45, 7) is 6.63. The van der Waals surface area contributed by atoms with Crippen molar-refractivity contribution in [1.29, 1.82) is 0 Å². The van der Waals surface area contributed by atoms with Gasteiger partial charge in [0.25, 0.3) is 5.91 Å². The van der Waals surface area contributed by atoms with Crippen LogP contribution in [0.3, 0.4) is 0 Å². The molecule has 2 rings (SSSR count). The lowest BCUT2D eigenvalue weighted by atomic mass is 10.0. The third-order valence-corrected chi connectivity index (χ3v) is 3.51. The van der Waals surface area contributed by atoms with Crippen LogP contribution in [0.25, 0.3) is 0 Å². The first-order valence-electron chi connectivity index (χ1n) is 7.33. The average Bonchev–Trinajstić information content (AvgIpc) is 2.99. The molecule has 0 saturated heterocycles. The quantitative estimate of drug-likeness (QED) is 0.858. The normalized spacial score (nSPS) is 12.4. The van der Waals surface area contributed by atoms with Crippen molar-refractivity contribution in [2.24, 2.45) is 0 Å². The molecule has 1 amide bonds. The van der Waals surface area contributed by atoms with Crippen LogP contribution in [0.2, 0.25) is 0 Å². The minimum absolute atomic E-state index is 0.00139. The van der Waals surface area contributed by atoms with E-state index >= 15 is 0 Å². The predicted octanol–water partition coefficient (Wildman–Crippen LogP) is 2.67. The van der Waals surface area contributed by atoms with Crippen LogP contribution in [0.15, 0.2) is 47.1 Å². The van der Waals surface area contributed by atoms with E-state index in [-0.39, 0.29) is 11.9 Å². The SMILES string of the molecule is CC(C)c1ccccc1NC(=O)C[NH2+][C@H](C)c1ccco1. The molecule has 4 heteroatoms. The van der Waals surface area contributed by atoms with Crippen LogP contribution in [0.4, 0.5) is 5.69 Å². The first kappa shape index (κ1) is 15.3. The Kier molecular flexibility index (Phi) is 5.17. The molecular weight excluding hydrogens is 264 g/mol. The number of carbonyl (C=O) groups excluding carboxylic acids is 1. The minimum Gasteiger partial charge on any atom is -0.463 e. The van der Waals surface area contributed by atoms with E-state index in [0.717, 1.165) is 17.0 Å². The topological polar surface area (TPSA) is 58.9 Å². The number of quaternary nitrogens is 1. The van der Waals surface area contributed by atoms with Crippen molar-refractivity contribution in [3.8, 4) is 0 Å². The Morgan fingerprint density at radius 1 is 1.19 bits per heavy atom. The van der Waals surface area contributed by atoms with Crippen molar-refractivity contribution in [2.45, 2.75) is 32.7 Å². The van der Waals surface area contributed by atoms with Crippen molar-refractivity contribution in [1.82, 2.24) is 0 Å². The summed E-state index contributed by atoms with van der Waals surface area (Å²) in [7, 11) is 0. The van der Waals surface area contributed by atoms with Gasteiger partial charge in [0.1, 0.15) is 6.04 Å². The summed E-state index contributed by atoms with van der Waals surface area (Å²) in [4.78, 5) is 12.1. The van der Waals surface area contributed by atoms with Crippen LogP contribution in [0.1, 0.15) is 44.1 Å². The Labute approximate surface area is 125 Å². The van der Waals surface area contributed by atoms with Gasteiger partial charge in [0.15, 0.2) is 12.3 Å². The van der Waals surface area contributed by atoms with Crippen molar-refractivity contribution < 1.29 is 14.5 Å². The van der Waals surface area contributed by atoms with E-state index in [1.807, 2.05) is 42.6 Å². The zero-order valence-electron chi connectivity index (χ0n) is 12.8. The Balaban J connectivity index is 1.90. The number of rotatable bonds is 6. The summed E-state index contributed by atoms with van der Waals surface area (Å²) >= 11 is 0. The molecule has 0 radical (unpaired) electrons. The van der Waals surface area contributed by atoms with E-state index in [1.54, 1.807) is 6.26 Å². The van der Waals surface area contributed by atoms with E-state index in [9.17, 15) is 4.79 Å². The lowest BCUT2D eigenvalue weighted by molar-refractivity contribution is -0.684. The lowest BCUT2D eigenvalue weighted by Crippen LogP contribution is -2.86. The molecule has 3 N–H and O–H groups in total. The number of amides is 1. The second-order valence-electron chi connectivity index (χ2n) is 5.53. The molecule has 112 valence electrons. The molecule has 4 nitrogen and oxygen atoms in total. The average molecular weight is 287 g/mol. The molecule has 1 aromatic carbocycles. The minimum atomic E-state index is 0.00139. The lowest BCUT2D eigenvalue weighted by Gasteiger charge is -2.14. The second kappa shape index (κ2) is 7.09. The molecule has 0 unspecified atom stereocenters. The predicted molar refractivity (Wildman–Crippen MR) is 83.1 cm³/mol. The fourth-order valence-corrected chi connectivity index (χ4v) is 2.27. The molecule has 0 saturated carbocycles. The van der Waals surface area contributed by atoms with Gasteiger partial charge in [-0.15, -0.1) is 0 Å². The third kappa shape index (κ3) is 4.20. The summed E-state index contributed by atoms with van der Waals surface area (Å²) in [6.07, 6.45) is 1.65. The van der Waals surface area contributed by atoms with Gasteiger partial charge < -0.3 is 15.1 Å². The zero-order chi connectivity index (χ0) is 15.2. The highest BCUT2D eigenvalue weighted by atomic mass is 16.3. The van der Waals surface area contributed by atoms with E-state index in [2.05, 4.69) is 25.2 Å². The molecule has 21 heavy (non-hydrogen) atoms. The first-order chi connectivity index (χ1) is 10.1. The van der Waals surface area contributed by atoms with E-state index < -0.39 is 0 Å². The molecule has 0 aliphatic carbocycles. The first-order valence-corrected chi connectivity index (χ1v) is 7.33. The van der Waals surface area contributed by atoms with Gasteiger partial charge in [-0.2, -0.15) is 0 Å². The maximum atomic E-state index is 12.1. The van der Waals surface area contributed by atoms with Gasteiger partial charge in [-0.3, -0.25) is 4.79 Å². The van der Waals surface area contributed by atoms with Crippen molar-refractivity contribution in [3.05, 3.63) is 54.0 Å². The summed E-state index contributed by atoms with van der Waals surface area (Å²) in [5, 5.41) is 4.96. The number of furan rings is 1. The second-order valence-corrected chi connectivity index (χ2v) is 5.53. The number of nitrogens with one attached hydrogen (secondary N) is 1. The molecule has 0 aliphatic rings. The Morgan fingerprint density at radius 3 is 2.62 bits per heavy atom. The number of hydrogen-bond acceptors (Lipinski definition) is 2. The molecule has 0 fully saturated rings. The van der Waals surface area contributed by atoms with Gasteiger partial charge in [-0.05, 0) is 36.6 Å². The molecule has 0 spiro atoms. The maximum absolute atomic E-state index is 12.1. The molecular formula is C17H23N2O2+.